The van der Waals surface area contributed by atoms with Crippen molar-refractivity contribution in [1.29, 1.82) is 0 Å². The molecule has 132 valence electrons. The molecule has 27 heavy (non-hydrogen) atoms. The molecule has 2 heterocycles. The molecule has 1 aromatic heterocycles. The molecule has 5 nitrogen and oxygen atoms in total. The number of ketones is 1. The second-order valence-corrected chi connectivity index (χ2v) is 6.15. The molecule has 1 aliphatic rings. The van der Waals surface area contributed by atoms with Crippen LogP contribution in [-0.2, 0) is 0 Å². The third-order valence-corrected chi connectivity index (χ3v) is 4.30. The lowest BCUT2D eigenvalue weighted by molar-refractivity contribution is 0.0734. The van der Waals surface area contributed by atoms with Crippen molar-refractivity contribution in [3.05, 3.63) is 94.5 Å². The van der Waals surface area contributed by atoms with E-state index >= 15 is 0 Å². The number of hydrogen-bond donors (Lipinski definition) is 0. The number of pyridine rings is 1. The lowest BCUT2D eigenvalue weighted by Crippen LogP contribution is -2.08. The largest absolute Gasteiger partial charge is 0.452 e. The fourth-order valence-corrected chi connectivity index (χ4v) is 2.81. The van der Waals surface area contributed by atoms with Crippen molar-refractivity contribution in [1.82, 2.24) is 4.98 Å². The number of rotatable bonds is 3. The number of halogens is 1. The average molecular weight is 378 g/mol. The minimum absolute atomic E-state index is 0.163. The molecule has 0 saturated heterocycles. The van der Waals surface area contributed by atoms with Crippen LogP contribution in [0.3, 0.4) is 0 Å². The van der Waals surface area contributed by atoms with E-state index in [4.69, 9.17) is 21.1 Å². The molecule has 0 fully saturated rings. The Morgan fingerprint density at radius 1 is 1.07 bits per heavy atom. The summed E-state index contributed by atoms with van der Waals surface area (Å²) in [5, 5.41) is 0.518. The number of nitrogens with zero attached hydrogens (tertiary/aromatic N) is 1. The molecule has 2 aromatic carbocycles. The van der Waals surface area contributed by atoms with E-state index in [0.29, 0.717) is 27.5 Å². The Balaban J connectivity index is 1.58. The third kappa shape index (κ3) is 3.45. The molecule has 0 N–H and O–H groups in total. The van der Waals surface area contributed by atoms with Gasteiger partial charge >= 0.3 is 5.97 Å². The Hall–Kier alpha value is -3.44. The summed E-state index contributed by atoms with van der Waals surface area (Å²) in [4.78, 5) is 28.5. The molecule has 1 aliphatic heterocycles. The van der Waals surface area contributed by atoms with Gasteiger partial charge in [-0.3, -0.25) is 9.78 Å². The Morgan fingerprint density at radius 3 is 2.63 bits per heavy atom. The number of ether oxygens (including phenoxy) is 2. The lowest BCUT2D eigenvalue weighted by Gasteiger charge is -2.05. The number of allylic oxidation sites excluding steroid dienone is 1. The van der Waals surface area contributed by atoms with Crippen LogP contribution in [0, 0.1) is 0 Å². The van der Waals surface area contributed by atoms with Crippen LogP contribution in [0.2, 0.25) is 5.02 Å². The summed E-state index contributed by atoms with van der Waals surface area (Å²) in [6, 6.07) is 14.9. The van der Waals surface area contributed by atoms with Gasteiger partial charge in [0.1, 0.15) is 11.5 Å². The van der Waals surface area contributed by atoms with Gasteiger partial charge in [0.15, 0.2) is 5.76 Å². The molecular weight excluding hydrogens is 366 g/mol. The van der Waals surface area contributed by atoms with Crippen LogP contribution in [0.1, 0.15) is 26.3 Å². The smallest absolute Gasteiger partial charge is 0.343 e. The van der Waals surface area contributed by atoms with Crippen LogP contribution in [0.15, 0.2) is 72.8 Å². The maximum atomic E-state index is 12.5. The number of Topliss-reactive ketones (excluding diaryl/α,β-unsaturated/α-hetero) is 1. The van der Waals surface area contributed by atoms with E-state index in [9.17, 15) is 9.59 Å². The van der Waals surface area contributed by atoms with Gasteiger partial charge in [0, 0.05) is 23.5 Å². The normalized spacial score (nSPS) is 14.0. The molecule has 0 saturated carbocycles. The molecule has 0 amide bonds. The second kappa shape index (κ2) is 7.05. The van der Waals surface area contributed by atoms with Gasteiger partial charge in [-0.05, 0) is 42.0 Å². The summed E-state index contributed by atoms with van der Waals surface area (Å²) >= 11 is 6.13. The van der Waals surface area contributed by atoms with E-state index in [2.05, 4.69) is 4.98 Å². The van der Waals surface area contributed by atoms with Crippen LogP contribution < -0.4 is 9.47 Å². The Kier molecular flexibility index (Phi) is 4.44. The predicted octanol–water partition coefficient (Wildman–Crippen LogP) is 4.57. The molecule has 0 spiro atoms. The van der Waals surface area contributed by atoms with Gasteiger partial charge in [0.05, 0.1) is 11.1 Å². The highest BCUT2D eigenvalue weighted by Gasteiger charge is 2.28. The van der Waals surface area contributed by atoms with Crippen LogP contribution in [0.25, 0.3) is 6.08 Å². The summed E-state index contributed by atoms with van der Waals surface area (Å²) in [7, 11) is 0. The first-order valence-electron chi connectivity index (χ1n) is 8.07. The molecule has 0 aliphatic carbocycles. The summed E-state index contributed by atoms with van der Waals surface area (Å²) in [6.45, 7) is 0. The van der Waals surface area contributed by atoms with E-state index < -0.39 is 5.97 Å². The molecule has 0 radical (unpaired) electrons. The van der Waals surface area contributed by atoms with Gasteiger partial charge in [-0.25, -0.2) is 4.79 Å². The highest BCUT2D eigenvalue weighted by molar-refractivity contribution is 6.32. The second-order valence-electron chi connectivity index (χ2n) is 5.74. The summed E-state index contributed by atoms with van der Waals surface area (Å²) in [6.07, 6.45) is 4.60. The first-order chi connectivity index (χ1) is 13.1. The number of esters is 1. The van der Waals surface area contributed by atoms with Crippen molar-refractivity contribution in [2.75, 3.05) is 0 Å². The van der Waals surface area contributed by atoms with Gasteiger partial charge < -0.3 is 9.47 Å². The van der Waals surface area contributed by atoms with Crippen molar-refractivity contribution in [3.63, 3.8) is 0 Å². The van der Waals surface area contributed by atoms with E-state index in [1.165, 1.54) is 18.5 Å². The zero-order valence-corrected chi connectivity index (χ0v) is 14.6. The zero-order chi connectivity index (χ0) is 18.8. The molecule has 0 unspecified atom stereocenters. The molecule has 0 atom stereocenters. The van der Waals surface area contributed by atoms with Crippen LogP contribution in [-0.4, -0.2) is 16.7 Å². The maximum Gasteiger partial charge on any atom is 0.343 e. The number of benzene rings is 2. The molecule has 0 bridgehead atoms. The van der Waals surface area contributed by atoms with Gasteiger partial charge in [0.25, 0.3) is 0 Å². The van der Waals surface area contributed by atoms with Gasteiger partial charge in [-0.2, -0.15) is 0 Å². The van der Waals surface area contributed by atoms with E-state index in [-0.39, 0.29) is 17.3 Å². The Labute approximate surface area is 159 Å². The maximum absolute atomic E-state index is 12.5. The quantitative estimate of drug-likeness (QED) is 0.380. The summed E-state index contributed by atoms with van der Waals surface area (Å²) in [5.74, 6) is 0.00170. The number of aromatic nitrogens is 1. The van der Waals surface area contributed by atoms with E-state index in [1.54, 1.807) is 48.5 Å². The zero-order valence-electron chi connectivity index (χ0n) is 13.9. The molecule has 6 heteroatoms. The molecule has 4 rings (SSSR count). The first-order valence-corrected chi connectivity index (χ1v) is 8.44. The lowest BCUT2D eigenvalue weighted by atomic mass is 10.1. The Bertz CT molecular complexity index is 1080. The Morgan fingerprint density at radius 2 is 1.85 bits per heavy atom. The number of hydrogen-bond acceptors (Lipinski definition) is 5. The van der Waals surface area contributed by atoms with Gasteiger partial charge in [-0.15, -0.1) is 0 Å². The van der Waals surface area contributed by atoms with Gasteiger partial charge in [-0.1, -0.05) is 29.8 Å². The topological polar surface area (TPSA) is 65.5 Å². The van der Waals surface area contributed by atoms with Gasteiger partial charge in [0.2, 0.25) is 5.78 Å². The van der Waals surface area contributed by atoms with Crippen LogP contribution in [0.5, 0.6) is 11.5 Å². The summed E-state index contributed by atoms with van der Waals surface area (Å²) < 4.78 is 11.0. The van der Waals surface area contributed by atoms with E-state index in [0.717, 1.165) is 0 Å². The van der Waals surface area contributed by atoms with E-state index in [1.807, 2.05) is 6.07 Å². The molecule has 3 aromatic rings. The highest BCUT2D eigenvalue weighted by Crippen LogP contribution is 2.35. The summed E-state index contributed by atoms with van der Waals surface area (Å²) in [5.41, 5.74) is 1.46. The monoisotopic (exact) mass is 377 g/mol. The van der Waals surface area contributed by atoms with Crippen molar-refractivity contribution >= 4 is 29.4 Å². The highest BCUT2D eigenvalue weighted by atomic mass is 35.5. The van der Waals surface area contributed by atoms with Crippen LogP contribution in [0.4, 0.5) is 0 Å². The number of fused-ring (bicyclic) bond motifs is 1. The van der Waals surface area contributed by atoms with Crippen LogP contribution >= 0.6 is 11.6 Å². The third-order valence-electron chi connectivity index (χ3n) is 3.96. The standard InChI is InChI=1S/C21H12ClNO4/c22-17-4-2-1-3-14(17)11-19-20(24)16-6-5-15(12-18(16)27-19)26-21(25)13-7-9-23-10-8-13/h1-12H/b19-11-. The van der Waals surface area contributed by atoms with Crippen molar-refractivity contribution in [2.45, 2.75) is 0 Å². The minimum atomic E-state index is -0.520. The minimum Gasteiger partial charge on any atom is -0.452 e. The fraction of sp³-hybridized carbons (Fsp3) is 0. The molecular formula is C21H12ClNO4. The first kappa shape index (κ1) is 17.0. The SMILES string of the molecule is O=C(Oc1ccc2c(c1)O/C(=C\c1ccccc1Cl)C2=O)c1ccncc1. The van der Waals surface area contributed by atoms with Crippen molar-refractivity contribution in [2.24, 2.45) is 0 Å². The van der Waals surface area contributed by atoms with Crippen molar-refractivity contribution < 1.29 is 19.1 Å². The predicted molar refractivity (Wildman–Crippen MR) is 100 cm³/mol. The van der Waals surface area contributed by atoms with Crippen molar-refractivity contribution in [3.8, 4) is 11.5 Å². The number of carbonyl (C=O) groups is 2. The fourth-order valence-electron chi connectivity index (χ4n) is 2.62. The number of carbonyl (C=O) groups excluding carboxylic acids is 2. The average Bonchev–Trinajstić information content (AvgIpc) is 2.99.